The topological polar surface area (TPSA) is 91.0 Å². The maximum atomic E-state index is 13.4. The molecule has 6 heteroatoms. The Morgan fingerprint density at radius 2 is 1.90 bits per heavy atom. The Balaban J connectivity index is 0.00000233. The number of anilines is 3. The van der Waals surface area contributed by atoms with Gasteiger partial charge in [0, 0.05) is 23.5 Å². The van der Waals surface area contributed by atoms with Crippen LogP contribution in [-0.2, 0) is 4.79 Å². The molecule has 1 unspecified atom stereocenters. The van der Waals surface area contributed by atoms with Gasteiger partial charge < -0.3 is 21.8 Å². The van der Waals surface area contributed by atoms with Crippen molar-refractivity contribution < 1.29 is 9.18 Å². The summed E-state index contributed by atoms with van der Waals surface area (Å²) in [4.78, 5) is 12.4. The average molecular weight is 423 g/mol. The number of halogens is 1. The van der Waals surface area contributed by atoms with E-state index in [4.69, 9.17) is 11.1 Å². The van der Waals surface area contributed by atoms with Gasteiger partial charge in [-0.05, 0) is 49.8 Å². The maximum absolute atomic E-state index is 13.4. The summed E-state index contributed by atoms with van der Waals surface area (Å²) in [7, 11) is 0. The van der Waals surface area contributed by atoms with Gasteiger partial charge in [-0.15, -0.1) is 13.2 Å². The van der Waals surface area contributed by atoms with Gasteiger partial charge in [0.2, 0.25) is 5.91 Å². The van der Waals surface area contributed by atoms with Crippen LogP contribution in [0.1, 0.15) is 26.3 Å². The number of para-hydroxylation sites is 2. The van der Waals surface area contributed by atoms with Crippen LogP contribution in [0, 0.1) is 17.1 Å². The van der Waals surface area contributed by atoms with Crippen LogP contribution in [0.25, 0.3) is 0 Å². The summed E-state index contributed by atoms with van der Waals surface area (Å²) in [6.07, 6.45) is 5.63. The van der Waals surface area contributed by atoms with Crippen LogP contribution in [0.15, 0.2) is 79.4 Å². The molecule has 0 saturated carbocycles. The summed E-state index contributed by atoms with van der Waals surface area (Å²) in [5.41, 5.74) is 9.44. The third-order valence-corrected chi connectivity index (χ3v) is 4.47. The van der Waals surface area contributed by atoms with Crippen LogP contribution >= 0.6 is 0 Å². The zero-order chi connectivity index (χ0) is 23.4. The van der Waals surface area contributed by atoms with E-state index in [1.54, 1.807) is 25.1 Å². The molecular formula is C25H31FN4O. The van der Waals surface area contributed by atoms with Crippen LogP contribution < -0.4 is 16.4 Å². The molecular weight excluding hydrogens is 391 g/mol. The summed E-state index contributed by atoms with van der Waals surface area (Å²) in [6.45, 7) is 11.8. The van der Waals surface area contributed by atoms with E-state index in [9.17, 15) is 9.18 Å². The molecule has 31 heavy (non-hydrogen) atoms. The molecule has 5 N–H and O–H groups in total. The van der Waals surface area contributed by atoms with Crippen molar-refractivity contribution in [1.82, 2.24) is 0 Å². The van der Waals surface area contributed by atoms with Crippen LogP contribution in [0.2, 0.25) is 0 Å². The van der Waals surface area contributed by atoms with Crippen molar-refractivity contribution >= 4 is 28.7 Å². The highest BCUT2D eigenvalue weighted by Crippen LogP contribution is 2.19. The monoisotopic (exact) mass is 422 g/mol. The molecule has 0 spiro atoms. The quantitative estimate of drug-likeness (QED) is 0.188. The summed E-state index contributed by atoms with van der Waals surface area (Å²) in [6, 6.07) is 11.5. The Morgan fingerprint density at radius 3 is 2.52 bits per heavy atom. The number of nitrogens with two attached hydrogens (primary N) is 1. The summed E-state index contributed by atoms with van der Waals surface area (Å²) >= 11 is 0. The molecule has 1 amide bonds. The number of rotatable bonds is 8. The van der Waals surface area contributed by atoms with Gasteiger partial charge in [-0.2, -0.15) is 0 Å². The maximum Gasteiger partial charge on any atom is 0.231 e. The number of nitrogens with one attached hydrogen (secondary N) is 3. The number of carbonyl (C=O) groups excluding carboxylic acids is 1. The van der Waals surface area contributed by atoms with E-state index in [0.29, 0.717) is 29.2 Å². The summed E-state index contributed by atoms with van der Waals surface area (Å²) in [5.74, 6) is -0.875. The number of carbonyl (C=O) groups is 1. The van der Waals surface area contributed by atoms with Gasteiger partial charge in [-0.3, -0.25) is 4.79 Å². The minimum absolute atomic E-state index is 0.150. The van der Waals surface area contributed by atoms with Crippen molar-refractivity contribution in [2.24, 2.45) is 5.92 Å². The van der Waals surface area contributed by atoms with E-state index in [2.05, 4.69) is 23.8 Å². The molecule has 2 rings (SSSR count). The molecule has 0 saturated heterocycles. The molecule has 0 radical (unpaired) electrons. The van der Waals surface area contributed by atoms with Gasteiger partial charge in [0.05, 0.1) is 17.3 Å². The Bertz CT molecular complexity index is 966. The average Bonchev–Trinajstić information content (AvgIpc) is 2.77. The molecule has 0 heterocycles. The molecule has 5 nitrogen and oxygen atoms in total. The first-order valence-corrected chi connectivity index (χ1v) is 9.89. The zero-order valence-electron chi connectivity index (χ0n) is 18.3. The number of hydrogen-bond acceptors (Lipinski definition) is 4. The van der Waals surface area contributed by atoms with Gasteiger partial charge in [0.15, 0.2) is 0 Å². The molecule has 2 aromatic carbocycles. The Kier molecular flexibility index (Phi) is 10.5. The molecule has 0 aliphatic heterocycles. The molecule has 0 aromatic heterocycles. The largest absolute Gasteiger partial charge is 0.397 e. The summed E-state index contributed by atoms with van der Waals surface area (Å²) in [5, 5.41) is 13.9. The Hall–Kier alpha value is -3.67. The van der Waals surface area contributed by atoms with Gasteiger partial charge in [-0.25, -0.2) is 4.39 Å². The van der Waals surface area contributed by atoms with Crippen molar-refractivity contribution in [3.05, 3.63) is 90.8 Å². The second-order valence-electron chi connectivity index (χ2n) is 6.76. The van der Waals surface area contributed by atoms with E-state index < -0.39 is 0 Å². The normalized spacial score (nSPS) is 11.9. The predicted molar refractivity (Wildman–Crippen MR) is 130 cm³/mol. The number of hydrogen-bond donors (Lipinski definition) is 4. The number of nitrogen functional groups attached to an aromatic ring is 1. The number of benzene rings is 2. The first-order chi connectivity index (χ1) is 14.8. The zero-order valence-corrected chi connectivity index (χ0v) is 18.3. The van der Waals surface area contributed by atoms with Crippen LogP contribution in [-0.4, -0.2) is 18.2 Å². The van der Waals surface area contributed by atoms with Crippen molar-refractivity contribution in [3.63, 3.8) is 0 Å². The highest BCUT2D eigenvalue weighted by molar-refractivity contribution is 6.01. The number of allylic oxidation sites excluding steroid dienone is 1. The van der Waals surface area contributed by atoms with Gasteiger partial charge in [-0.1, -0.05) is 37.3 Å². The summed E-state index contributed by atoms with van der Waals surface area (Å²) < 4.78 is 13.4. The van der Waals surface area contributed by atoms with E-state index >= 15 is 0 Å². The van der Waals surface area contributed by atoms with Gasteiger partial charge in [0.1, 0.15) is 5.82 Å². The third kappa shape index (κ3) is 7.93. The molecule has 1 atom stereocenters. The fourth-order valence-electron chi connectivity index (χ4n) is 2.65. The Morgan fingerprint density at radius 1 is 1.23 bits per heavy atom. The van der Waals surface area contributed by atoms with Crippen molar-refractivity contribution in [3.8, 4) is 0 Å². The number of amides is 1. The lowest BCUT2D eigenvalue weighted by molar-refractivity contribution is -0.118. The second-order valence-corrected chi connectivity index (χ2v) is 6.76. The fourth-order valence-corrected chi connectivity index (χ4v) is 2.65. The standard InChI is InChI=1S/C23H27FN4O.C2H4/c1-4-17(14-27-21-12-11-18(24)13-19(21)16(3)25)10-9-15(2)23(29)28-22-8-6-5-7-20(22)26;1-2/h4-13,15,25,27H,14,26H2,1-3H3,(H,28,29);1-2H2/b10-9-,17-4+,25-16?;. The first-order valence-electron chi connectivity index (χ1n) is 9.89. The Labute approximate surface area is 184 Å². The molecule has 164 valence electrons. The molecule has 0 bridgehead atoms. The van der Waals surface area contributed by atoms with E-state index in [-0.39, 0.29) is 23.4 Å². The van der Waals surface area contributed by atoms with E-state index in [1.807, 2.05) is 44.2 Å². The van der Waals surface area contributed by atoms with Crippen LogP contribution in [0.3, 0.4) is 0 Å². The van der Waals surface area contributed by atoms with E-state index in [1.165, 1.54) is 12.1 Å². The lowest BCUT2D eigenvalue weighted by Gasteiger charge is -2.13. The van der Waals surface area contributed by atoms with Crippen molar-refractivity contribution in [2.75, 3.05) is 22.9 Å². The highest BCUT2D eigenvalue weighted by atomic mass is 19.1. The third-order valence-electron chi connectivity index (χ3n) is 4.47. The van der Waals surface area contributed by atoms with Crippen LogP contribution in [0.4, 0.5) is 21.5 Å². The molecule has 0 fully saturated rings. The highest BCUT2D eigenvalue weighted by Gasteiger charge is 2.11. The predicted octanol–water partition coefficient (Wildman–Crippen LogP) is 5.79. The van der Waals surface area contributed by atoms with Crippen LogP contribution in [0.5, 0.6) is 0 Å². The minimum atomic E-state index is -0.373. The first kappa shape index (κ1) is 25.4. The van der Waals surface area contributed by atoms with Crippen molar-refractivity contribution in [1.29, 1.82) is 5.41 Å². The minimum Gasteiger partial charge on any atom is -0.397 e. The molecule has 0 aliphatic carbocycles. The lowest BCUT2D eigenvalue weighted by Crippen LogP contribution is -2.19. The SMILES string of the molecule is C/C=C(\C=C/C(C)C(=O)Nc1ccccc1N)CNc1ccc(F)cc1C(C)=N.C=C. The second kappa shape index (κ2) is 12.8. The van der Waals surface area contributed by atoms with Gasteiger partial charge >= 0.3 is 0 Å². The fraction of sp³-hybridized carbons (Fsp3) is 0.200. The molecule has 2 aromatic rings. The van der Waals surface area contributed by atoms with Crippen molar-refractivity contribution in [2.45, 2.75) is 20.8 Å². The van der Waals surface area contributed by atoms with Gasteiger partial charge in [0.25, 0.3) is 0 Å². The molecule has 0 aliphatic rings. The van der Waals surface area contributed by atoms with E-state index in [0.717, 1.165) is 5.57 Å². The lowest BCUT2D eigenvalue weighted by atomic mass is 10.1. The smallest absolute Gasteiger partial charge is 0.231 e.